The molecule has 2 rings (SSSR count). The van der Waals surface area contributed by atoms with Gasteiger partial charge in [-0.05, 0) is 23.8 Å². The molecule has 0 aromatic carbocycles. The van der Waals surface area contributed by atoms with Crippen molar-refractivity contribution >= 4 is 17.9 Å². The third-order valence-electron chi connectivity index (χ3n) is 1.89. The highest BCUT2D eigenvalue weighted by Gasteiger charge is 2.01. The number of carbonyl (C=O) groups excluding carboxylic acids is 1. The third-order valence-corrected chi connectivity index (χ3v) is 2.10. The molecule has 1 N–H and O–H groups in total. The molecule has 2 aromatic rings. The Morgan fingerprint density at radius 2 is 2.21 bits per heavy atom. The van der Waals surface area contributed by atoms with Crippen LogP contribution in [0.25, 0.3) is 11.1 Å². The van der Waals surface area contributed by atoms with Gasteiger partial charge in [-0.2, -0.15) is 0 Å². The number of aldehydes is 1. The number of aromatic nitrogens is 2. The lowest BCUT2D eigenvalue weighted by Gasteiger charge is -1.96. The molecule has 0 spiro atoms. The number of aromatic amines is 1. The zero-order valence-electron chi connectivity index (χ0n) is 7.20. The lowest BCUT2D eigenvalue weighted by Crippen LogP contribution is -1.77. The lowest BCUT2D eigenvalue weighted by atomic mass is 10.1. The van der Waals surface area contributed by atoms with Gasteiger partial charge in [-0.1, -0.05) is 11.6 Å². The molecule has 0 atom stereocenters. The summed E-state index contributed by atoms with van der Waals surface area (Å²) in [4.78, 5) is 17.2. The number of nitrogens with one attached hydrogen (secondary N) is 1. The van der Waals surface area contributed by atoms with E-state index in [2.05, 4.69) is 9.97 Å². The predicted octanol–water partition coefficient (Wildman–Crippen LogP) is 2.54. The Balaban J connectivity index is 2.43. The molecule has 0 aliphatic heterocycles. The minimum atomic E-state index is 0.441. The van der Waals surface area contributed by atoms with Crippen LogP contribution in [0.15, 0.2) is 30.6 Å². The van der Waals surface area contributed by atoms with Gasteiger partial charge >= 0.3 is 0 Å². The highest BCUT2D eigenvalue weighted by atomic mass is 35.5. The van der Waals surface area contributed by atoms with Crippen molar-refractivity contribution in [3.05, 3.63) is 41.4 Å². The molecule has 0 aliphatic rings. The molecule has 0 fully saturated rings. The Kier molecular flexibility index (Phi) is 2.33. The Bertz CT molecular complexity index is 465. The highest BCUT2D eigenvalue weighted by Crippen LogP contribution is 2.21. The number of nitrogens with zero attached hydrogens (tertiary/aromatic N) is 1. The number of hydrogen-bond acceptors (Lipinski definition) is 2. The van der Waals surface area contributed by atoms with Crippen LogP contribution in [0.2, 0.25) is 5.15 Å². The van der Waals surface area contributed by atoms with Crippen molar-refractivity contribution in [3.8, 4) is 11.1 Å². The van der Waals surface area contributed by atoms with E-state index >= 15 is 0 Å². The molecule has 4 heteroatoms. The minimum Gasteiger partial charge on any atom is -0.358 e. The van der Waals surface area contributed by atoms with Gasteiger partial charge in [-0.25, -0.2) is 4.98 Å². The van der Waals surface area contributed by atoms with Crippen molar-refractivity contribution in [1.29, 1.82) is 0 Å². The number of pyridine rings is 1. The first-order chi connectivity index (χ1) is 6.79. The molecule has 0 saturated heterocycles. The zero-order valence-corrected chi connectivity index (χ0v) is 7.95. The lowest BCUT2D eigenvalue weighted by molar-refractivity contribution is 0.111. The minimum absolute atomic E-state index is 0.441. The SMILES string of the molecule is O=Cc1cc(-c2ccnc(Cl)c2)c[nH]1. The summed E-state index contributed by atoms with van der Waals surface area (Å²) in [7, 11) is 0. The second-order valence-electron chi connectivity index (χ2n) is 2.83. The summed E-state index contributed by atoms with van der Waals surface area (Å²) in [5.41, 5.74) is 2.42. The number of carbonyl (C=O) groups is 1. The maximum atomic E-state index is 10.4. The standard InChI is InChI=1S/C10H7ClN2O/c11-10-4-7(1-2-12-10)8-3-9(6-14)13-5-8/h1-6,13H. The summed E-state index contributed by atoms with van der Waals surface area (Å²) in [6, 6.07) is 5.35. The van der Waals surface area contributed by atoms with Crippen LogP contribution in [-0.2, 0) is 0 Å². The Labute approximate surface area is 85.7 Å². The summed E-state index contributed by atoms with van der Waals surface area (Å²) in [6.07, 6.45) is 4.16. The Hall–Kier alpha value is -1.61. The van der Waals surface area contributed by atoms with Gasteiger partial charge in [-0.15, -0.1) is 0 Å². The maximum Gasteiger partial charge on any atom is 0.166 e. The fourth-order valence-corrected chi connectivity index (χ4v) is 1.40. The van der Waals surface area contributed by atoms with E-state index in [0.29, 0.717) is 10.8 Å². The van der Waals surface area contributed by atoms with E-state index in [0.717, 1.165) is 17.4 Å². The topological polar surface area (TPSA) is 45.8 Å². The van der Waals surface area contributed by atoms with Crippen LogP contribution >= 0.6 is 11.6 Å². The van der Waals surface area contributed by atoms with Crippen LogP contribution in [0.3, 0.4) is 0 Å². The average Bonchev–Trinajstić information content (AvgIpc) is 2.66. The van der Waals surface area contributed by atoms with E-state index in [1.54, 1.807) is 24.5 Å². The van der Waals surface area contributed by atoms with Gasteiger partial charge in [0, 0.05) is 18.0 Å². The third kappa shape index (κ3) is 1.67. The van der Waals surface area contributed by atoms with Gasteiger partial charge in [-0.3, -0.25) is 4.79 Å². The number of rotatable bonds is 2. The number of H-pyrrole nitrogens is 1. The number of hydrogen-bond donors (Lipinski definition) is 1. The van der Waals surface area contributed by atoms with E-state index in [1.807, 2.05) is 6.07 Å². The molecule has 0 bridgehead atoms. The fourth-order valence-electron chi connectivity index (χ4n) is 1.23. The molecule has 3 nitrogen and oxygen atoms in total. The average molecular weight is 207 g/mol. The van der Waals surface area contributed by atoms with E-state index in [9.17, 15) is 4.79 Å². The zero-order chi connectivity index (χ0) is 9.97. The fraction of sp³-hybridized carbons (Fsp3) is 0. The van der Waals surface area contributed by atoms with Crippen molar-refractivity contribution < 1.29 is 4.79 Å². The highest BCUT2D eigenvalue weighted by molar-refractivity contribution is 6.29. The first kappa shape index (κ1) is 8.97. The largest absolute Gasteiger partial charge is 0.358 e. The Morgan fingerprint density at radius 3 is 2.86 bits per heavy atom. The predicted molar refractivity (Wildman–Crippen MR) is 54.4 cm³/mol. The van der Waals surface area contributed by atoms with Gasteiger partial charge in [0.25, 0.3) is 0 Å². The summed E-state index contributed by atoms with van der Waals surface area (Å²) in [5, 5.41) is 0.441. The molecule has 14 heavy (non-hydrogen) atoms. The van der Waals surface area contributed by atoms with Crippen LogP contribution in [0, 0.1) is 0 Å². The number of halogens is 1. The molecular formula is C10H7ClN2O. The van der Waals surface area contributed by atoms with Crippen molar-refractivity contribution in [3.63, 3.8) is 0 Å². The van der Waals surface area contributed by atoms with E-state index in [1.165, 1.54) is 0 Å². The molecule has 0 unspecified atom stereocenters. The van der Waals surface area contributed by atoms with Crippen molar-refractivity contribution in [2.45, 2.75) is 0 Å². The molecule has 0 aliphatic carbocycles. The first-order valence-corrected chi connectivity index (χ1v) is 4.43. The normalized spacial score (nSPS) is 10.1. The van der Waals surface area contributed by atoms with Gasteiger partial charge in [0.2, 0.25) is 0 Å². The van der Waals surface area contributed by atoms with Crippen LogP contribution in [0.1, 0.15) is 10.5 Å². The quantitative estimate of drug-likeness (QED) is 0.606. The molecule has 0 amide bonds. The molecule has 2 heterocycles. The van der Waals surface area contributed by atoms with Crippen molar-refractivity contribution in [2.75, 3.05) is 0 Å². The molecule has 70 valence electrons. The summed E-state index contributed by atoms with van der Waals surface area (Å²) in [5.74, 6) is 0. The van der Waals surface area contributed by atoms with Gasteiger partial charge in [0.05, 0.1) is 5.69 Å². The van der Waals surface area contributed by atoms with Gasteiger partial charge in [0.15, 0.2) is 6.29 Å². The van der Waals surface area contributed by atoms with Crippen molar-refractivity contribution in [1.82, 2.24) is 9.97 Å². The van der Waals surface area contributed by atoms with Crippen LogP contribution < -0.4 is 0 Å². The van der Waals surface area contributed by atoms with E-state index < -0.39 is 0 Å². The summed E-state index contributed by atoms with van der Waals surface area (Å²) < 4.78 is 0. The van der Waals surface area contributed by atoms with E-state index in [4.69, 9.17) is 11.6 Å². The molecular weight excluding hydrogens is 200 g/mol. The summed E-state index contributed by atoms with van der Waals surface area (Å²) in [6.45, 7) is 0. The summed E-state index contributed by atoms with van der Waals surface area (Å²) >= 11 is 5.74. The van der Waals surface area contributed by atoms with Crippen LogP contribution in [-0.4, -0.2) is 16.3 Å². The monoisotopic (exact) mass is 206 g/mol. The molecule has 2 aromatic heterocycles. The van der Waals surface area contributed by atoms with Crippen LogP contribution in [0.5, 0.6) is 0 Å². The second-order valence-corrected chi connectivity index (χ2v) is 3.22. The maximum absolute atomic E-state index is 10.4. The molecule has 0 radical (unpaired) electrons. The van der Waals surface area contributed by atoms with Gasteiger partial charge < -0.3 is 4.98 Å². The van der Waals surface area contributed by atoms with Crippen LogP contribution in [0.4, 0.5) is 0 Å². The molecule has 0 saturated carbocycles. The van der Waals surface area contributed by atoms with Gasteiger partial charge in [0.1, 0.15) is 5.15 Å². The Morgan fingerprint density at radius 1 is 1.36 bits per heavy atom. The second kappa shape index (κ2) is 3.64. The van der Waals surface area contributed by atoms with Crippen molar-refractivity contribution in [2.24, 2.45) is 0 Å². The smallest absolute Gasteiger partial charge is 0.166 e. The van der Waals surface area contributed by atoms with E-state index in [-0.39, 0.29) is 0 Å². The first-order valence-electron chi connectivity index (χ1n) is 4.05.